The first-order chi connectivity index (χ1) is 11.2. The standard InChI is InChI=1S/C17H19N3O2S/c21-16(12-7-9-23-11-12)20-15-6-2-1-5-14(15)17(22)19-13-4-3-8-18-10-13/h1-2,5-7,9,11,13,18H,3-4,8,10H2,(H,19,22)(H,20,21)/t13-/m0/s1. The van der Waals surface area contributed by atoms with E-state index in [2.05, 4.69) is 16.0 Å². The van der Waals surface area contributed by atoms with Crippen molar-refractivity contribution in [3.8, 4) is 0 Å². The van der Waals surface area contributed by atoms with Gasteiger partial charge in [-0.1, -0.05) is 12.1 Å². The third-order valence-electron chi connectivity index (χ3n) is 3.84. The monoisotopic (exact) mass is 329 g/mol. The molecule has 0 saturated carbocycles. The van der Waals surface area contributed by atoms with Crippen LogP contribution in [-0.4, -0.2) is 30.9 Å². The molecule has 0 bridgehead atoms. The maximum absolute atomic E-state index is 12.5. The van der Waals surface area contributed by atoms with Gasteiger partial charge in [-0.2, -0.15) is 11.3 Å². The molecule has 1 aliphatic rings. The average molecular weight is 329 g/mol. The first-order valence-electron chi connectivity index (χ1n) is 7.68. The maximum atomic E-state index is 12.5. The van der Waals surface area contributed by atoms with E-state index in [-0.39, 0.29) is 17.9 Å². The lowest BCUT2D eigenvalue weighted by Gasteiger charge is -2.24. The van der Waals surface area contributed by atoms with Gasteiger partial charge in [0.25, 0.3) is 11.8 Å². The smallest absolute Gasteiger partial charge is 0.256 e. The van der Waals surface area contributed by atoms with Crippen molar-refractivity contribution in [2.24, 2.45) is 0 Å². The van der Waals surface area contributed by atoms with Crippen LogP contribution in [-0.2, 0) is 0 Å². The number of thiophene rings is 1. The van der Waals surface area contributed by atoms with Crippen molar-refractivity contribution in [2.45, 2.75) is 18.9 Å². The molecule has 0 radical (unpaired) electrons. The fourth-order valence-electron chi connectivity index (χ4n) is 2.62. The molecule has 120 valence electrons. The molecule has 3 rings (SSSR count). The van der Waals surface area contributed by atoms with Gasteiger partial charge in [-0.25, -0.2) is 0 Å². The molecule has 1 fully saturated rings. The van der Waals surface area contributed by atoms with Gasteiger partial charge in [0.15, 0.2) is 0 Å². The second-order valence-corrected chi connectivity index (χ2v) is 6.31. The minimum atomic E-state index is -0.203. The Hall–Kier alpha value is -2.18. The Morgan fingerprint density at radius 2 is 2.04 bits per heavy atom. The van der Waals surface area contributed by atoms with Gasteiger partial charge in [0.1, 0.15) is 0 Å². The number of rotatable bonds is 4. The van der Waals surface area contributed by atoms with Gasteiger partial charge < -0.3 is 16.0 Å². The second-order valence-electron chi connectivity index (χ2n) is 5.53. The van der Waals surface area contributed by atoms with Gasteiger partial charge in [0.2, 0.25) is 0 Å². The average Bonchev–Trinajstić information content (AvgIpc) is 3.11. The molecule has 1 aromatic carbocycles. The fourth-order valence-corrected chi connectivity index (χ4v) is 3.25. The summed E-state index contributed by atoms with van der Waals surface area (Å²) in [6.07, 6.45) is 2.03. The largest absolute Gasteiger partial charge is 0.348 e. The number of para-hydroxylation sites is 1. The van der Waals surface area contributed by atoms with Crippen LogP contribution in [0.1, 0.15) is 33.6 Å². The molecule has 2 amide bonds. The summed E-state index contributed by atoms with van der Waals surface area (Å²) in [5.74, 6) is -0.356. The maximum Gasteiger partial charge on any atom is 0.256 e. The number of amides is 2. The van der Waals surface area contributed by atoms with Crippen LogP contribution in [0, 0.1) is 0 Å². The van der Waals surface area contributed by atoms with Crippen LogP contribution in [0.5, 0.6) is 0 Å². The quantitative estimate of drug-likeness (QED) is 0.807. The van der Waals surface area contributed by atoms with Gasteiger partial charge in [0, 0.05) is 18.0 Å². The summed E-state index contributed by atoms with van der Waals surface area (Å²) in [5.41, 5.74) is 1.62. The van der Waals surface area contributed by atoms with E-state index in [1.54, 1.807) is 29.6 Å². The summed E-state index contributed by atoms with van der Waals surface area (Å²) in [4.78, 5) is 24.7. The van der Waals surface area contributed by atoms with Crippen LogP contribution in [0.4, 0.5) is 5.69 Å². The van der Waals surface area contributed by atoms with Crippen LogP contribution < -0.4 is 16.0 Å². The summed E-state index contributed by atoms with van der Waals surface area (Å²) in [6, 6.07) is 8.98. The number of nitrogens with one attached hydrogen (secondary N) is 3. The topological polar surface area (TPSA) is 70.2 Å². The Morgan fingerprint density at radius 1 is 1.17 bits per heavy atom. The zero-order valence-corrected chi connectivity index (χ0v) is 13.5. The molecule has 1 aromatic heterocycles. The highest BCUT2D eigenvalue weighted by Crippen LogP contribution is 2.17. The molecule has 2 aromatic rings. The molecule has 0 spiro atoms. The van der Waals surface area contributed by atoms with Gasteiger partial charge in [-0.15, -0.1) is 0 Å². The first-order valence-corrected chi connectivity index (χ1v) is 8.62. The predicted molar refractivity (Wildman–Crippen MR) is 92.1 cm³/mol. The van der Waals surface area contributed by atoms with Crippen molar-refractivity contribution in [2.75, 3.05) is 18.4 Å². The highest BCUT2D eigenvalue weighted by atomic mass is 32.1. The highest BCUT2D eigenvalue weighted by molar-refractivity contribution is 7.08. The Morgan fingerprint density at radius 3 is 2.78 bits per heavy atom. The van der Waals surface area contributed by atoms with E-state index in [0.29, 0.717) is 16.8 Å². The summed E-state index contributed by atoms with van der Waals surface area (Å²) in [7, 11) is 0. The van der Waals surface area contributed by atoms with Crippen molar-refractivity contribution in [1.29, 1.82) is 0 Å². The van der Waals surface area contributed by atoms with E-state index < -0.39 is 0 Å². The fraction of sp³-hybridized carbons (Fsp3) is 0.294. The Balaban J connectivity index is 1.72. The zero-order valence-electron chi connectivity index (χ0n) is 12.7. The molecule has 0 unspecified atom stereocenters. The molecular formula is C17H19N3O2S. The summed E-state index contributed by atoms with van der Waals surface area (Å²) < 4.78 is 0. The minimum absolute atomic E-state index is 0.136. The number of carbonyl (C=O) groups is 2. The van der Waals surface area contributed by atoms with Crippen LogP contribution in [0.15, 0.2) is 41.1 Å². The van der Waals surface area contributed by atoms with E-state index in [0.717, 1.165) is 25.9 Å². The summed E-state index contributed by atoms with van der Waals surface area (Å²) >= 11 is 1.47. The molecule has 3 N–H and O–H groups in total. The van der Waals surface area contributed by atoms with Gasteiger partial charge in [0.05, 0.1) is 16.8 Å². The zero-order chi connectivity index (χ0) is 16.1. The molecule has 1 aliphatic heterocycles. The predicted octanol–water partition coefficient (Wildman–Crippen LogP) is 2.48. The summed E-state index contributed by atoms with van der Waals surface area (Å²) in [6.45, 7) is 1.79. The number of anilines is 1. The third kappa shape index (κ3) is 3.97. The lowest BCUT2D eigenvalue weighted by atomic mass is 10.1. The number of hydrogen-bond acceptors (Lipinski definition) is 4. The van der Waals surface area contributed by atoms with E-state index >= 15 is 0 Å². The van der Waals surface area contributed by atoms with Crippen LogP contribution in [0.25, 0.3) is 0 Å². The van der Waals surface area contributed by atoms with Crippen molar-refractivity contribution in [1.82, 2.24) is 10.6 Å². The molecule has 1 saturated heterocycles. The molecule has 1 atom stereocenters. The van der Waals surface area contributed by atoms with Crippen molar-refractivity contribution in [3.05, 3.63) is 52.2 Å². The molecule has 2 heterocycles. The second kappa shape index (κ2) is 7.39. The molecule has 23 heavy (non-hydrogen) atoms. The number of piperidine rings is 1. The minimum Gasteiger partial charge on any atom is -0.348 e. The number of hydrogen-bond donors (Lipinski definition) is 3. The lowest BCUT2D eigenvalue weighted by Crippen LogP contribution is -2.45. The SMILES string of the molecule is O=C(Nc1ccccc1C(=O)N[C@H]1CCCNC1)c1ccsc1. The number of benzene rings is 1. The normalized spacial score (nSPS) is 17.5. The Kier molecular flexibility index (Phi) is 5.05. The Bertz CT molecular complexity index is 679. The van der Waals surface area contributed by atoms with E-state index in [1.807, 2.05) is 11.4 Å². The van der Waals surface area contributed by atoms with Crippen LogP contribution >= 0.6 is 11.3 Å². The molecular weight excluding hydrogens is 310 g/mol. The first kappa shape index (κ1) is 15.7. The van der Waals surface area contributed by atoms with Gasteiger partial charge in [-0.05, 0) is 43.0 Å². The van der Waals surface area contributed by atoms with Gasteiger partial charge >= 0.3 is 0 Å². The van der Waals surface area contributed by atoms with Crippen LogP contribution in [0.2, 0.25) is 0 Å². The molecule has 5 nitrogen and oxygen atoms in total. The van der Waals surface area contributed by atoms with Crippen molar-refractivity contribution >= 4 is 28.8 Å². The van der Waals surface area contributed by atoms with E-state index in [4.69, 9.17) is 0 Å². The Labute approximate surface area is 139 Å². The highest BCUT2D eigenvalue weighted by Gasteiger charge is 2.19. The van der Waals surface area contributed by atoms with Crippen LogP contribution in [0.3, 0.4) is 0 Å². The van der Waals surface area contributed by atoms with E-state index in [9.17, 15) is 9.59 Å². The molecule has 0 aliphatic carbocycles. The van der Waals surface area contributed by atoms with Crippen molar-refractivity contribution in [3.63, 3.8) is 0 Å². The van der Waals surface area contributed by atoms with E-state index in [1.165, 1.54) is 11.3 Å². The number of carbonyl (C=O) groups excluding carboxylic acids is 2. The van der Waals surface area contributed by atoms with Crippen molar-refractivity contribution < 1.29 is 9.59 Å². The molecule has 6 heteroatoms. The summed E-state index contributed by atoms with van der Waals surface area (Å²) in [5, 5.41) is 12.8. The van der Waals surface area contributed by atoms with Gasteiger partial charge in [-0.3, -0.25) is 9.59 Å². The lowest BCUT2D eigenvalue weighted by molar-refractivity contribution is 0.0931. The third-order valence-corrected chi connectivity index (χ3v) is 4.52.